The maximum Gasteiger partial charge on any atom is 0.332 e. The second kappa shape index (κ2) is 5.65. The van der Waals surface area contributed by atoms with Crippen LogP contribution in [-0.4, -0.2) is 25.8 Å². The largest absolute Gasteiger partial charge is 0.462 e. The molecule has 1 rings (SSSR count). The summed E-state index contributed by atoms with van der Waals surface area (Å²) < 4.78 is 10.2. The summed E-state index contributed by atoms with van der Waals surface area (Å²) in [7, 11) is 0. The molecular formula is C10H17NO3. The molecule has 0 aromatic rings. The molecule has 1 saturated heterocycles. The van der Waals surface area contributed by atoms with Crippen LogP contribution in [0.1, 0.15) is 19.8 Å². The summed E-state index contributed by atoms with van der Waals surface area (Å²) in [5.41, 5.74) is 5.82. The smallest absolute Gasteiger partial charge is 0.332 e. The Labute approximate surface area is 84.1 Å². The molecule has 0 aliphatic carbocycles. The number of esters is 1. The van der Waals surface area contributed by atoms with E-state index in [1.165, 1.54) is 6.08 Å². The van der Waals surface area contributed by atoms with Gasteiger partial charge in [0.15, 0.2) is 0 Å². The van der Waals surface area contributed by atoms with E-state index in [-0.39, 0.29) is 5.97 Å². The molecule has 2 N–H and O–H groups in total. The Morgan fingerprint density at radius 2 is 2.21 bits per heavy atom. The van der Waals surface area contributed by atoms with E-state index >= 15 is 0 Å². The highest BCUT2D eigenvalue weighted by molar-refractivity contribution is 5.82. The molecule has 1 aliphatic heterocycles. The molecular weight excluding hydrogens is 182 g/mol. The number of rotatable bonds is 3. The van der Waals surface area contributed by atoms with Crippen LogP contribution in [-0.2, 0) is 14.3 Å². The molecule has 0 saturated carbocycles. The Morgan fingerprint density at radius 1 is 1.57 bits per heavy atom. The lowest BCUT2D eigenvalue weighted by molar-refractivity contribution is -0.140. The van der Waals surface area contributed by atoms with Gasteiger partial charge in [0.05, 0.1) is 6.61 Å². The van der Waals surface area contributed by atoms with Gasteiger partial charge in [0.2, 0.25) is 0 Å². The molecule has 0 bridgehead atoms. The first kappa shape index (κ1) is 11.0. The summed E-state index contributed by atoms with van der Waals surface area (Å²) in [6.45, 7) is 3.68. The molecule has 14 heavy (non-hydrogen) atoms. The fraction of sp³-hybridized carbons (Fsp3) is 0.700. The Kier molecular flexibility index (Phi) is 4.46. The van der Waals surface area contributed by atoms with Crippen LogP contribution in [0.4, 0.5) is 0 Å². The number of allylic oxidation sites excluding steroid dienone is 1. The lowest BCUT2D eigenvalue weighted by Gasteiger charge is -2.21. The van der Waals surface area contributed by atoms with Gasteiger partial charge in [-0.2, -0.15) is 0 Å². The highest BCUT2D eigenvalue weighted by Crippen LogP contribution is 2.14. The first-order valence-corrected chi connectivity index (χ1v) is 4.87. The molecule has 0 unspecified atom stereocenters. The van der Waals surface area contributed by atoms with Crippen LogP contribution in [0.2, 0.25) is 0 Å². The zero-order valence-corrected chi connectivity index (χ0v) is 8.49. The molecule has 80 valence electrons. The molecule has 1 heterocycles. The van der Waals surface area contributed by atoms with Gasteiger partial charge in [-0.25, -0.2) is 4.79 Å². The topological polar surface area (TPSA) is 61.6 Å². The van der Waals surface area contributed by atoms with Gasteiger partial charge in [0.25, 0.3) is 0 Å². The standard InChI is InChI=1S/C10H17NO3/c1-8(11)6-10(12)14-7-9-2-4-13-5-3-9/h6,9H,2-5,7,11H2,1H3/b8-6-. The van der Waals surface area contributed by atoms with Crippen LogP contribution in [0.3, 0.4) is 0 Å². The third-order valence-electron chi connectivity index (χ3n) is 2.15. The van der Waals surface area contributed by atoms with Gasteiger partial charge in [-0.3, -0.25) is 0 Å². The van der Waals surface area contributed by atoms with E-state index in [0.29, 0.717) is 18.2 Å². The van der Waals surface area contributed by atoms with Crippen molar-refractivity contribution in [3.63, 3.8) is 0 Å². The summed E-state index contributed by atoms with van der Waals surface area (Å²) in [5.74, 6) is 0.0932. The molecule has 0 radical (unpaired) electrons. The van der Waals surface area contributed by atoms with Gasteiger partial charge >= 0.3 is 5.97 Å². The van der Waals surface area contributed by atoms with Crippen LogP contribution in [0.5, 0.6) is 0 Å². The fourth-order valence-corrected chi connectivity index (χ4v) is 1.34. The van der Waals surface area contributed by atoms with E-state index in [0.717, 1.165) is 26.1 Å². The first-order chi connectivity index (χ1) is 6.68. The minimum Gasteiger partial charge on any atom is -0.462 e. The van der Waals surface area contributed by atoms with E-state index in [1.807, 2.05) is 0 Å². The van der Waals surface area contributed by atoms with Crippen molar-refractivity contribution in [2.45, 2.75) is 19.8 Å². The fourth-order valence-electron chi connectivity index (χ4n) is 1.34. The monoisotopic (exact) mass is 199 g/mol. The second-order valence-electron chi connectivity index (χ2n) is 3.57. The average Bonchev–Trinajstić information content (AvgIpc) is 2.15. The SMILES string of the molecule is C/C(N)=C/C(=O)OCC1CCOCC1. The van der Waals surface area contributed by atoms with Crippen molar-refractivity contribution in [1.82, 2.24) is 0 Å². The molecule has 0 aromatic heterocycles. The van der Waals surface area contributed by atoms with E-state index in [2.05, 4.69) is 0 Å². The number of hydrogen-bond donors (Lipinski definition) is 1. The van der Waals surface area contributed by atoms with Crippen LogP contribution < -0.4 is 5.73 Å². The predicted molar refractivity (Wildman–Crippen MR) is 52.4 cm³/mol. The maximum absolute atomic E-state index is 11.1. The molecule has 1 fully saturated rings. The zero-order valence-electron chi connectivity index (χ0n) is 8.49. The summed E-state index contributed by atoms with van der Waals surface area (Å²) in [6, 6.07) is 0. The van der Waals surface area contributed by atoms with E-state index in [9.17, 15) is 4.79 Å². The van der Waals surface area contributed by atoms with Crippen LogP contribution in [0, 0.1) is 5.92 Å². The molecule has 0 aromatic carbocycles. The van der Waals surface area contributed by atoms with Crippen molar-refractivity contribution in [3.8, 4) is 0 Å². The van der Waals surface area contributed by atoms with Crippen molar-refractivity contribution < 1.29 is 14.3 Å². The van der Waals surface area contributed by atoms with Crippen LogP contribution >= 0.6 is 0 Å². The summed E-state index contributed by atoms with van der Waals surface area (Å²) in [4.78, 5) is 11.1. The van der Waals surface area contributed by atoms with Crippen molar-refractivity contribution in [3.05, 3.63) is 11.8 Å². The lowest BCUT2D eigenvalue weighted by atomic mass is 10.0. The van der Waals surface area contributed by atoms with Crippen molar-refractivity contribution >= 4 is 5.97 Å². The van der Waals surface area contributed by atoms with Crippen molar-refractivity contribution in [2.24, 2.45) is 11.7 Å². The lowest BCUT2D eigenvalue weighted by Crippen LogP contribution is -2.21. The van der Waals surface area contributed by atoms with Crippen LogP contribution in [0.25, 0.3) is 0 Å². The Balaban J connectivity index is 2.19. The van der Waals surface area contributed by atoms with Crippen molar-refractivity contribution in [2.75, 3.05) is 19.8 Å². The molecule has 0 amide bonds. The molecule has 1 aliphatic rings. The summed E-state index contributed by atoms with van der Waals surface area (Å²) >= 11 is 0. The molecule has 0 atom stereocenters. The second-order valence-corrected chi connectivity index (χ2v) is 3.57. The van der Waals surface area contributed by atoms with Gasteiger partial charge in [-0.1, -0.05) is 0 Å². The van der Waals surface area contributed by atoms with Gasteiger partial charge in [0, 0.05) is 25.0 Å². The molecule has 4 heteroatoms. The Bertz CT molecular complexity index is 215. The Morgan fingerprint density at radius 3 is 2.79 bits per heavy atom. The highest BCUT2D eigenvalue weighted by atomic mass is 16.5. The zero-order chi connectivity index (χ0) is 10.4. The van der Waals surface area contributed by atoms with Gasteiger partial charge in [0.1, 0.15) is 0 Å². The van der Waals surface area contributed by atoms with Gasteiger partial charge in [-0.05, 0) is 25.7 Å². The average molecular weight is 199 g/mol. The minimum atomic E-state index is -0.350. The van der Waals surface area contributed by atoms with Gasteiger partial charge in [-0.15, -0.1) is 0 Å². The normalized spacial score (nSPS) is 19.4. The third kappa shape index (κ3) is 4.28. The number of hydrogen-bond acceptors (Lipinski definition) is 4. The molecule has 4 nitrogen and oxygen atoms in total. The predicted octanol–water partition coefficient (Wildman–Crippen LogP) is 0.819. The van der Waals surface area contributed by atoms with E-state index < -0.39 is 0 Å². The molecule has 0 spiro atoms. The number of carbonyl (C=O) groups is 1. The quantitative estimate of drug-likeness (QED) is 0.540. The summed E-state index contributed by atoms with van der Waals surface area (Å²) in [6.07, 6.45) is 3.25. The summed E-state index contributed by atoms with van der Waals surface area (Å²) in [5, 5.41) is 0. The van der Waals surface area contributed by atoms with Crippen LogP contribution in [0.15, 0.2) is 11.8 Å². The number of nitrogens with two attached hydrogens (primary N) is 1. The maximum atomic E-state index is 11.1. The highest BCUT2D eigenvalue weighted by Gasteiger charge is 2.15. The van der Waals surface area contributed by atoms with E-state index in [4.69, 9.17) is 15.2 Å². The third-order valence-corrected chi connectivity index (χ3v) is 2.15. The van der Waals surface area contributed by atoms with Crippen molar-refractivity contribution in [1.29, 1.82) is 0 Å². The minimum absolute atomic E-state index is 0.350. The number of carbonyl (C=O) groups excluding carboxylic acids is 1. The van der Waals surface area contributed by atoms with E-state index in [1.54, 1.807) is 6.92 Å². The number of ether oxygens (including phenoxy) is 2. The Hall–Kier alpha value is -1.03. The van der Waals surface area contributed by atoms with Gasteiger partial charge < -0.3 is 15.2 Å². The first-order valence-electron chi connectivity index (χ1n) is 4.87.